The third kappa shape index (κ3) is 3.47. The molecule has 0 spiro atoms. The van der Waals surface area contributed by atoms with Crippen molar-refractivity contribution in [2.75, 3.05) is 0 Å². The van der Waals surface area contributed by atoms with E-state index in [4.69, 9.17) is 11.6 Å². The van der Waals surface area contributed by atoms with Crippen LogP contribution in [0.25, 0.3) is 0 Å². The van der Waals surface area contributed by atoms with Gasteiger partial charge in [-0.1, -0.05) is 11.6 Å². The Morgan fingerprint density at radius 1 is 1.35 bits per heavy atom. The molecule has 0 unspecified atom stereocenters. The van der Waals surface area contributed by atoms with Crippen LogP contribution in [0.5, 0.6) is 0 Å². The number of hydrogen-bond acceptors (Lipinski definition) is 3. The van der Waals surface area contributed by atoms with Gasteiger partial charge in [-0.2, -0.15) is 18.3 Å². The van der Waals surface area contributed by atoms with Gasteiger partial charge in [-0.05, 0) is 24.6 Å². The molecule has 3 rings (SSSR count). The molecule has 0 bridgehead atoms. The lowest BCUT2D eigenvalue weighted by Crippen LogP contribution is -2.41. The van der Waals surface area contributed by atoms with Gasteiger partial charge in [0.25, 0.3) is 5.91 Å². The Morgan fingerprint density at radius 2 is 2.13 bits per heavy atom. The second-order valence-electron chi connectivity index (χ2n) is 5.29. The van der Waals surface area contributed by atoms with E-state index < -0.39 is 17.6 Å². The van der Waals surface area contributed by atoms with E-state index in [0.717, 1.165) is 18.0 Å². The molecule has 1 aromatic heterocycles. The normalized spacial score (nSPS) is 17.7. The number of aryl methyl sites for hydroxylation is 1. The highest BCUT2D eigenvalue weighted by Crippen LogP contribution is 2.32. The molecular weight excluding hydrogens is 333 g/mol. The monoisotopic (exact) mass is 344 g/mol. The molecule has 0 saturated heterocycles. The third-order valence-corrected chi connectivity index (χ3v) is 3.85. The Hall–Kier alpha value is -2.09. The minimum Gasteiger partial charge on any atom is -0.347 e. The maximum absolute atomic E-state index is 12.8. The Kier molecular flexibility index (Phi) is 4.01. The van der Waals surface area contributed by atoms with Crippen LogP contribution in [0.1, 0.15) is 28.2 Å². The van der Waals surface area contributed by atoms with Crippen molar-refractivity contribution in [1.82, 2.24) is 20.1 Å². The van der Waals surface area contributed by atoms with Crippen molar-refractivity contribution < 1.29 is 18.0 Å². The van der Waals surface area contributed by atoms with Crippen LogP contribution in [0.3, 0.4) is 0 Å². The van der Waals surface area contributed by atoms with E-state index in [-0.39, 0.29) is 16.6 Å². The number of amides is 1. The van der Waals surface area contributed by atoms with E-state index in [1.54, 1.807) is 4.68 Å². The van der Waals surface area contributed by atoms with Crippen molar-refractivity contribution in [1.29, 1.82) is 0 Å². The topological polar surface area (TPSA) is 59.8 Å². The average Bonchev–Trinajstić information content (AvgIpc) is 2.93. The first-order valence-electron chi connectivity index (χ1n) is 6.88. The summed E-state index contributed by atoms with van der Waals surface area (Å²) >= 11 is 5.69. The molecule has 1 aliphatic rings. The zero-order chi connectivity index (χ0) is 16.6. The van der Waals surface area contributed by atoms with Gasteiger partial charge >= 0.3 is 6.18 Å². The van der Waals surface area contributed by atoms with E-state index in [1.165, 1.54) is 12.4 Å². The summed E-state index contributed by atoms with van der Waals surface area (Å²) in [5, 5.41) is 6.62. The molecule has 1 aliphatic heterocycles. The number of fused-ring (bicyclic) bond motifs is 1. The van der Waals surface area contributed by atoms with E-state index in [2.05, 4.69) is 15.4 Å². The van der Waals surface area contributed by atoms with Crippen molar-refractivity contribution in [2.24, 2.45) is 0 Å². The van der Waals surface area contributed by atoms with Crippen LogP contribution in [-0.4, -0.2) is 26.7 Å². The highest BCUT2D eigenvalue weighted by atomic mass is 35.5. The van der Waals surface area contributed by atoms with Gasteiger partial charge in [-0.3, -0.25) is 4.79 Å². The van der Waals surface area contributed by atoms with Crippen LogP contribution >= 0.6 is 11.6 Å². The van der Waals surface area contributed by atoms with Gasteiger partial charge in [0.05, 0.1) is 12.1 Å². The van der Waals surface area contributed by atoms with Crippen molar-refractivity contribution in [2.45, 2.75) is 31.6 Å². The van der Waals surface area contributed by atoms with Gasteiger partial charge in [0.15, 0.2) is 0 Å². The molecule has 1 aromatic carbocycles. The van der Waals surface area contributed by atoms with Gasteiger partial charge in [-0.15, -0.1) is 0 Å². The molecule has 0 saturated carbocycles. The summed E-state index contributed by atoms with van der Waals surface area (Å²) in [7, 11) is 0. The summed E-state index contributed by atoms with van der Waals surface area (Å²) in [4.78, 5) is 16.3. The maximum atomic E-state index is 12.8. The molecule has 1 amide bonds. The lowest BCUT2D eigenvalue weighted by atomic mass is 10.1. The highest BCUT2D eigenvalue weighted by molar-refractivity contribution is 6.31. The Labute approximate surface area is 134 Å². The largest absolute Gasteiger partial charge is 0.416 e. The molecule has 9 heteroatoms. The summed E-state index contributed by atoms with van der Waals surface area (Å²) < 4.78 is 40.0. The predicted molar refractivity (Wildman–Crippen MR) is 76.1 cm³/mol. The minimum absolute atomic E-state index is 0.116. The molecule has 1 N–H and O–H groups in total. The minimum atomic E-state index is -4.56. The van der Waals surface area contributed by atoms with Crippen molar-refractivity contribution in [3.63, 3.8) is 0 Å². The number of alkyl halides is 3. The number of nitrogens with zero attached hydrogens (tertiary/aromatic N) is 3. The Balaban J connectivity index is 1.75. The van der Waals surface area contributed by atoms with E-state index in [9.17, 15) is 18.0 Å². The van der Waals surface area contributed by atoms with Crippen LogP contribution in [0.15, 0.2) is 24.5 Å². The molecule has 2 heterocycles. The fraction of sp³-hybridized carbons (Fsp3) is 0.357. The summed E-state index contributed by atoms with van der Waals surface area (Å²) in [6.45, 7) is 0.438. The molecular formula is C14H12ClF3N4O. The quantitative estimate of drug-likeness (QED) is 0.911. The lowest BCUT2D eigenvalue weighted by molar-refractivity contribution is -0.137. The van der Waals surface area contributed by atoms with Crippen LogP contribution < -0.4 is 5.32 Å². The van der Waals surface area contributed by atoms with Gasteiger partial charge in [0, 0.05) is 23.0 Å². The summed E-state index contributed by atoms with van der Waals surface area (Å²) in [5.74, 6) is 0.240. The number of carbonyl (C=O) groups is 1. The fourth-order valence-electron chi connectivity index (χ4n) is 2.51. The van der Waals surface area contributed by atoms with Gasteiger partial charge < -0.3 is 5.32 Å². The van der Waals surface area contributed by atoms with Crippen molar-refractivity contribution in [3.8, 4) is 0 Å². The highest BCUT2D eigenvalue weighted by Gasteiger charge is 2.32. The van der Waals surface area contributed by atoms with E-state index in [1.807, 2.05) is 0 Å². The number of benzene rings is 1. The molecule has 0 radical (unpaired) electrons. The number of nitrogens with one attached hydrogen (secondary N) is 1. The Morgan fingerprint density at radius 3 is 2.87 bits per heavy atom. The number of carbonyl (C=O) groups excluding carboxylic acids is 1. The second-order valence-corrected chi connectivity index (χ2v) is 5.73. The summed E-state index contributed by atoms with van der Waals surface area (Å²) in [5.41, 5.74) is -1.06. The number of hydrogen-bond donors (Lipinski definition) is 1. The van der Waals surface area contributed by atoms with Crippen LogP contribution in [-0.2, 0) is 19.1 Å². The second kappa shape index (κ2) is 5.84. The van der Waals surface area contributed by atoms with Gasteiger partial charge in [0.2, 0.25) is 0 Å². The van der Waals surface area contributed by atoms with Gasteiger partial charge in [-0.25, -0.2) is 9.67 Å². The first-order valence-corrected chi connectivity index (χ1v) is 7.26. The molecule has 1 atom stereocenters. The zero-order valence-corrected chi connectivity index (χ0v) is 12.5. The van der Waals surface area contributed by atoms with E-state index >= 15 is 0 Å². The van der Waals surface area contributed by atoms with Crippen molar-refractivity contribution >= 4 is 17.5 Å². The SMILES string of the molecule is O=C(N[C@H]1CCc2ncnn2C1)c1cc(Cl)cc(C(F)(F)F)c1. The Bertz CT molecular complexity index is 744. The van der Waals surface area contributed by atoms with Crippen LogP contribution in [0.2, 0.25) is 5.02 Å². The molecule has 2 aromatic rings. The average molecular weight is 345 g/mol. The summed E-state index contributed by atoms with van der Waals surface area (Å²) in [6.07, 6.45) is -1.82. The predicted octanol–water partition coefficient (Wildman–Crippen LogP) is 2.70. The standard InChI is InChI=1S/C14H12ClF3N4O/c15-10-4-8(3-9(5-10)14(16,17)18)13(23)21-11-1-2-12-19-7-20-22(12)6-11/h3-5,7,11H,1-2,6H2,(H,21,23)/t11-/m0/s1. The summed E-state index contributed by atoms with van der Waals surface area (Å²) in [6, 6.07) is 2.59. The zero-order valence-electron chi connectivity index (χ0n) is 11.8. The molecule has 5 nitrogen and oxygen atoms in total. The maximum Gasteiger partial charge on any atom is 0.416 e. The first kappa shape index (κ1) is 15.8. The molecule has 0 fully saturated rings. The molecule has 122 valence electrons. The van der Waals surface area contributed by atoms with Gasteiger partial charge in [0.1, 0.15) is 12.2 Å². The van der Waals surface area contributed by atoms with Crippen LogP contribution in [0, 0.1) is 0 Å². The first-order chi connectivity index (χ1) is 10.8. The number of aromatic nitrogens is 3. The molecule has 23 heavy (non-hydrogen) atoms. The third-order valence-electron chi connectivity index (χ3n) is 3.63. The number of halogens is 4. The van der Waals surface area contributed by atoms with E-state index in [0.29, 0.717) is 19.4 Å². The smallest absolute Gasteiger partial charge is 0.347 e. The lowest BCUT2D eigenvalue weighted by Gasteiger charge is -2.23. The van der Waals surface area contributed by atoms with Crippen molar-refractivity contribution in [3.05, 3.63) is 46.5 Å². The number of rotatable bonds is 2. The molecule has 0 aliphatic carbocycles. The van der Waals surface area contributed by atoms with Crippen LogP contribution in [0.4, 0.5) is 13.2 Å². The fourth-order valence-corrected chi connectivity index (χ4v) is 2.74.